The van der Waals surface area contributed by atoms with Gasteiger partial charge in [0.05, 0.1) is 5.69 Å². The smallest absolute Gasteiger partial charge is 0.0630 e. The van der Waals surface area contributed by atoms with Gasteiger partial charge in [0.2, 0.25) is 0 Å². The highest BCUT2D eigenvalue weighted by atomic mass is 79.9. The SMILES string of the molecule is CC(C)n1ccc(CC2(CBr)CCC(C(C)(C)C)CC2)n1. The van der Waals surface area contributed by atoms with Crippen molar-refractivity contribution in [2.24, 2.45) is 16.7 Å². The van der Waals surface area contributed by atoms with E-state index in [1.165, 1.54) is 31.4 Å². The van der Waals surface area contributed by atoms with E-state index < -0.39 is 0 Å². The Morgan fingerprint density at radius 3 is 2.38 bits per heavy atom. The van der Waals surface area contributed by atoms with E-state index in [1.54, 1.807) is 0 Å². The Kier molecular flexibility index (Phi) is 5.23. The molecule has 0 bridgehead atoms. The van der Waals surface area contributed by atoms with Crippen LogP contribution in [-0.2, 0) is 6.42 Å². The maximum Gasteiger partial charge on any atom is 0.0630 e. The molecular formula is C18H31BrN2. The molecule has 0 radical (unpaired) electrons. The number of halogens is 1. The molecule has 1 aromatic rings. The Morgan fingerprint density at radius 1 is 1.33 bits per heavy atom. The molecule has 0 atom stereocenters. The van der Waals surface area contributed by atoms with Gasteiger partial charge in [0.25, 0.3) is 0 Å². The van der Waals surface area contributed by atoms with E-state index in [-0.39, 0.29) is 0 Å². The third kappa shape index (κ3) is 4.12. The summed E-state index contributed by atoms with van der Waals surface area (Å²) in [5.74, 6) is 0.873. The van der Waals surface area contributed by atoms with Crippen molar-refractivity contribution in [1.29, 1.82) is 0 Å². The summed E-state index contributed by atoms with van der Waals surface area (Å²) in [4.78, 5) is 0. The van der Waals surface area contributed by atoms with Gasteiger partial charge >= 0.3 is 0 Å². The average Bonchev–Trinajstić information content (AvgIpc) is 2.87. The molecular weight excluding hydrogens is 324 g/mol. The molecule has 1 aromatic heterocycles. The van der Waals surface area contributed by atoms with Crippen LogP contribution in [0.1, 0.15) is 72.0 Å². The zero-order valence-electron chi connectivity index (χ0n) is 14.3. The highest BCUT2D eigenvalue weighted by molar-refractivity contribution is 9.09. The predicted molar refractivity (Wildman–Crippen MR) is 94.0 cm³/mol. The summed E-state index contributed by atoms with van der Waals surface area (Å²) in [6.07, 6.45) is 8.63. The van der Waals surface area contributed by atoms with Crippen LogP contribution in [-0.4, -0.2) is 15.1 Å². The van der Waals surface area contributed by atoms with Crippen molar-refractivity contribution in [3.8, 4) is 0 Å². The van der Waals surface area contributed by atoms with E-state index in [1.807, 2.05) is 0 Å². The van der Waals surface area contributed by atoms with Gasteiger partial charge < -0.3 is 0 Å². The predicted octanol–water partition coefficient (Wildman–Crippen LogP) is 5.62. The second-order valence-corrected chi connectivity index (χ2v) is 8.89. The van der Waals surface area contributed by atoms with Gasteiger partial charge in [-0.25, -0.2) is 0 Å². The summed E-state index contributed by atoms with van der Waals surface area (Å²) in [6.45, 7) is 11.5. The minimum Gasteiger partial charge on any atom is -0.270 e. The molecule has 0 aromatic carbocycles. The van der Waals surface area contributed by atoms with Crippen LogP contribution in [0, 0.1) is 16.7 Å². The van der Waals surface area contributed by atoms with Crippen LogP contribution in [0.15, 0.2) is 12.3 Å². The number of nitrogens with zero attached hydrogens (tertiary/aromatic N) is 2. The van der Waals surface area contributed by atoms with Gasteiger partial charge in [-0.15, -0.1) is 0 Å². The first kappa shape index (κ1) is 17.1. The summed E-state index contributed by atoms with van der Waals surface area (Å²) in [5, 5.41) is 5.86. The van der Waals surface area contributed by atoms with E-state index in [0.29, 0.717) is 16.9 Å². The number of aromatic nitrogens is 2. The molecule has 1 fully saturated rings. The molecule has 1 aliphatic rings. The molecule has 0 saturated heterocycles. The Labute approximate surface area is 138 Å². The molecule has 1 saturated carbocycles. The van der Waals surface area contributed by atoms with Gasteiger partial charge in [-0.1, -0.05) is 36.7 Å². The van der Waals surface area contributed by atoms with Crippen LogP contribution in [0.2, 0.25) is 0 Å². The lowest BCUT2D eigenvalue weighted by Gasteiger charge is -2.43. The van der Waals surface area contributed by atoms with E-state index in [2.05, 4.69) is 67.5 Å². The molecule has 0 unspecified atom stereocenters. The molecule has 2 rings (SSSR count). The normalized spacial score (nSPS) is 27.3. The molecule has 2 nitrogen and oxygen atoms in total. The second-order valence-electron chi connectivity index (χ2n) is 8.33. The van der Waals surface area contributed by atoms with E-state index >= 15 is 0 Å². The average molecular weight is 355 g/mol. The standard InChI is InChI=1S/C18H31BrN2/c1-14(2)21-11-8-16(20-21)12-18(13-19)9-6-15(7-10-18)17(3,4)5/h8,11,14-15H,6-7,9-10,12-13H2,1-5H3. The Bertz CT molecular complexity index is 448. The molecule has 0 N–H and O–H groups in total. The molecule has 0 aliphatic heterocycles. The molecule has 1 aliphatic carbocycles. The van der Waals surface area contributed by atoms with Crippen molar-refractivity contribution in [1.82, 2.24) is 9.78 Å². The van der Waals surface area contributed by atoms with Gasteiger partial charge in [-0.3, -0.25) is 4.68 Å². The molecule has 21 heavy (non-hydrogen) atoms. The van der Waals surface area contributed by atoms with Crippen molar-refractivity contribution in [2.45, 2.75) is 72.8 Å². The van der Waals surface area contributed by atoms with Crippen LogP contribution < -0.4 is 0 Å². The first-order chi connectivity index (χ1) is 9.76. The lowest BCUT2D eigenvalue weighted by molar-refractivity contribution is 0.103. The summed E-state index contributed by atoms with van der Waals surface area (Å²) in [5.41, 5.74) is 2.13. The fraction of sp³-hybridized carbons (Fsp3) is 0.833. The molecule has 1 heterocycles. The maximum absolute atomic E-state index is 4.76. The van der Waals surface area contributed by atoms with Gasteiger partial charge in [0.1, 0.15) is 0 Å². The lowest BCUT2D eigenvalue weighted by Crippen LogP contribution is -2.35. The van der Waals surface area contributed by atoms with Crippen molar-refractivity contribution in [3.63, 3.8) is 0 Å². The highest BCUT2D eigenvalue weighted by Crippen LogP contribution is 2.47. The molecule has 0 spiro atoms. The monoisotopic (exact) mass is 354 g/mol. The first-order valence-corrected chi connectivity index (χ1v) is 9.48. The Morgan fingerprint density at radius 2 is 1.95 bits per heavy atom. The summed E-state index contributed by atoms with van der Waals surface area (Å²) in [7, 11) is 0. The molecule has 0 amide bonds. The number of hydrogen-bond acceptors (Lipinski definition) is 1. The summed E-state index contributed by atoms with van der Waals surface area (Å²) in [6, 6.07) is 2.66. The van der Waals surface area contributed by atoms with Crippen molar-refractivity contribution >= 4 is 15.9 Å². The minimum absolute atomic E-state index is 0.415. The number of alkyl halides is 1. The van der Waals surface area contributed by atoms with Crippen LogP contribution in [0.3, 0.4) is 0 Å². The number of hydrogen-bond donors (Lipinski definition) is 0. The van der Waals surface area contributed by atoms with Crippen LogP contribution in [0.4, 0.5) is 0 Å². The Hall–Kier alpha value is -0.310. The maximum atomic E-state index is 4.76. The van der Waals surface area contributed by atoms with Crippen LogP contribution in [0.5, 0.6) is 0 Å². The topological polar surface area (TPSA) is 17.8 Å². The zero-order chi connectivity index (χ0) is 15.7. The van der Waals surface area contributed by atoms with E-state index in [0.717, 1.165) is 17.7 Å². The first-order valence-electron chi connectivity index (χ1n) is 8.36. The minimum atomic E-state index is 0.415. The molecule has 3 heteroatoms. The third-order valence-corrected chi connectivity index (χ3v) is 6.49. The Balaban J connectivity index is 2.03. The number of rotatable bonds is 4. The second kappa shape index (κ2) is 6.44. The summed E-state index contributed by atoms with van der Waals surface area (Å²) >= 11 is 3.80. The van der Waals surface area contributed by atoms with Crippen LogP contribution >= 0.6 is 15.9 Å². The van der Waals surface area contributed by atoms with Crippen molar-refractivity contribution in [3.05, 3.63) is 18.0 Å². The quantitative estimate of drug-likeness (QED) is 0.641. The fourth-order valence-corrected chi connectivity index (χ4v) is 4.36. The summed E-state index contributed by atoms with van der Waals surface area (Å²) < 4.78 is 2.08. The van der Waals surface area contributed by atoms with E-state index in [9.17, 15) is 0 Å². The van der Waals surface area contributed by atoms with Gasteiger partial charge in [-0.05, 0) is 68.8 Å². The zero-order valence-corrected chi connectivity index (χ0v) is 15.9. The van der Waals surface area contributed by atoms with Gasteiger partial charge in [-0.2, -0.15) is 5.10 Å². The highest BCUT2D eigenvalue weighted by Gasteiger charge is 2.38. The van der Waals surface area contributed by atoms with Crippen molar-refractivity contribution < 1.29 is 0 Å². The van der Waals surface area contributed by atoms with Gasteiger partial charge in [0, 0.05) is 17.6 Å². The van der Waals surface area contributed by atoms with Gasteiger partial charge in [0.15, 0.2) is 0 Å². The van der Waals surface area contributed by atoms with Crippen molar-refractivity contribution in [2.75, 3.05) is 5.33 Å². The molecule has 120 valence electrons. The third-order valence-electron chi connectivity index (χ3n) is 5.30. The van der Waals surface area contributed by atoms with Crippen LogP contribution in [0.25, 0.3) is 0 Å². The lowest BCUT2D eigenvalue weighted by atomic mass is 9.63. The largest absolute Gasteiger partial charge is 0.270 e. The fourth-order valence-electron chi connectivity index (χ4n) is 3.60. The van der Waals surface area contributed by atoms with E-state index in [4.69, 9.17) is 5.10 Å².